The summed E-state index contributed by atoms with van der Waals surface area (Å²) in [7, 11) is 0. The van der Waals surface area contributed by atoms with Crippen LogP contribution in [0.1, 0.15) is 24.0 Å². The van der Waals surface area contributed by atoms with Gasteiger partial charge in [-0.05, 0) is 34.1 Å². The van der Waals surface area contributed by atoms with Crippen LogP contribution in [0, 0.1) is 0 Å². The van der Waals surface area contributed by atoms with Crippen molar-refractivity contribution in [2.75, 3.05) is 32.8 Å². The van der Waals surface area contributed by atoms with Crippen molar-refractivity contribution >= 4 is 33.0 Å². The zero-order chi connectivity index (χ0) is 19.3. The van der Waals surface area contributed by atoms with Crippen LogP contribution in [0.25, 0.3) is 11.2 Å². The summed E-state index contributed by atoms with van der Waals surface area (Å²) in [6.07, 6.45) is 4.26. The molecule has 1 saturated heterocycles. The molecule has 2 N–H and O–H groups in total. The summed E-state index contributed by atoms with van der Waals surface area (Å²) in [5, 5.41) is 3.04. The number of pyridine rings is 1. The fourth-order valence-electron chi connectivity index (χ4n) is 3.35. The number of hydrogen-bond acceptors (Lipinski definition) is 6. The number of amides is 1. The number of aryl methyl sites for hydroxylation is 1. The molecule has 9 heteroatoms. The van der Waals surface area contributed by atoms with Crippen LogP contribution in [-0.4, -0.2) is 58.6 Å². The summed E-state index contributed by atoms with van der Waals surface area (Å²) < 4.78 is 11.9. The smallest absolute Gasteiger partial charge is 0.220 e. The SMILES string of the molecule is O=C(CCc1nc2ncc(Br)cc2[nH]1)NCC(c1ccco1)N1CCOCC1. The number of fused-ring (bicyclic) bond motifs is 1. The molecule has 148 valence electrons. The molecule has 1 unspecified atom stereocenters. The zero-order valence-electron chi connectivity index (χ0n) is 15.4. The third kappa shape index (κ3) is 4.60. The normalized spacial score (nSPS) is 16.3. The van der Waals surface area contributed by atoms with Gasteiger partial charge in [0.25, 0.3) is 0 Å². The summed E-state index contributed by atoms with van der Waals surface area (Å²) in [4.78, 5) is 26.6. The number of nitrogens with one attached hydrogen (secondary N) is 2. The Morgan fingerprint density at radius 1 is 1.39 bits per heavy atom. The lowest BCUT2D eigenvalue weighted by Crippen LogP contribution is -2.43. The molecular weight excluding hydrogens is 426 g/mol. The van der Waals surface area contributed by atoms with Crippen LogP contribution < -0.4 is 5.32 Å². The lowest BCUT2D eigenvalue weighted by atomic mass is 10.1. The van der Waals surface area contributed by atoms with Crippen LogP contribution in [-0.2, 0) is 16.0 Å². The summed E-state index contributed by atoms with van der Waals surface area (Å²) in [5.41, 5.74) is 1.51. The number of furan rings is 1. The second-order valence-corrected chi connectivity index (χ2v) is 7.61. The number of carbonyl (C=O) groups is 1. The summed E-state index contributed by atoms with van der Waals surface area (Å²) >= 11 is 3.39. The van der Waals surface area contributed by atoms with Gasteiger partial charge in [0.1, 0.15) is 11.6 Å². The van der Waals surface area contributed by atoms with Gasteiger partial charge >= 0.3 is 0 Å². The Morgan fingerprint density at radius 3 is 3.04 bits per heavy atom. The number of aromatic amines is 1. The molecule has 1 amide bonds. The molecule has 0 aromatic carbocycles. The minimum absolute atomic E-state index is 0.00982. The Bertz CT molecular complexity index is 921. The molecule has 1 atom stereocenters. The number of imidazole rings is 1. The van der Waals surface area contributed by atoms with Crippen molar-refractivity contribution in [3.8, 4) is 0 Å². The van der Waals surface area contributed by atoms with Crippen molar-refractivity contribution in [1.29, 1.82) is 0 Å². The number of rotatable bonds is 7. The van der Waals surface area contributed by atoms with Crippen LogP contribution in [0.4, 0.5) is 0 Å². The first-order valence-corrected chi connectivity index (χ1v) is 10.1. The molecule has 0 bridgehead atoms. The number of hydrogen-bond donors (Lipinski definition) is 2. The van der Waals surface area contributed by atoms with Crippen LogP contribution in [0.2, 0.25) is 0 Å². The van der Waals surface area contributed by atoms with E-state index in [-0.39, 0.29) is 11.9 Å². The Morgan fingerprint density at radius 2 is 2.25 bits per heavy atom. The summed E-state index contributed by atoms with van der Waals surface area (Å²) in [6, 6.07) is 5.76. The number of morpholine rings is 1. The number of aromatic nitrogens is 3. The van der Waals surface area contributed by atoms with Gasteiger partial charge in [-0.2, -0.15) is 0 Å². The third-order valence-electron chi connectivity index (χ3n) is 4.79. The predicted molar refractivity (Wildman–Crippen MR) is 107 cm³/mol. The van der Waals surface area contributed by atoms with Gasteiger partial charge in [-0.25, -0.2) is 9.97 Å². The molecule has 1 aliphatic rings. The minimum Gasteiger partial charge on any atom is -0.468 e. The average molecular weight is 448 g/mol. The van der Waals surface area contributed by atoms with E-state index in [1.54, 1.807) is 12.5 Å². The van der Waals surface area contributed by atoms with Gasteiger partial charge in [0.15, 0.2) is 5.65 Å². The van der Waals surface area contributed by atoms with Crippen LogP contribution in [0.3, 0.4) is 0 Å². The van der Waals surface area contributed by atoms with Gasteiger partial charge in [0.05, 0.1) is 31.0 Å². The second kappa shape index (κ2) is 8.85. The van der Waals surface area contributed by atoms with E-state index < -0.39 is 0 Å². The van der Waals surface area contributed by atoms with Crippen molar-refractivity contribution < 1.29 is 13.9 Å². The highest BCUT2D eigenvalue weighted by molar-refractivity contribution is 9.10. The minimum atomic E-state index is -0.0144. The third-order valence-corrected chi connectivity index (χ3v) is 5.23. The molecule has 0 radical (unpaired) electrons. The van der Waals surface area contributed by atoms with E-state index in [2.05, 4.69) is 41.1 Å². The van der Waals surface area contributed by atoms with Crippen LogP contribution >= 0.6 is 15.9 Å². The van der Waals surface area contributed by atoms with Gasteiger partial charge < -0.3 is 19.5 Å². The molecule has 1 aliphatic heterocycles. The maximum Gasteiger partial charge on any atom is 0.220 e. The number of nitrogens with zero attached hydrogens (tertiary/aromatic N) is 3. The number of halogens is 1. The molecule has 28 heavy (non-hydrogen) atoms. The quantitative estimate of drug-likeness (QED) is 0.577. The van der Waals surface area contributed by atoms with Crippen LogP contribution in [0.15, 0.2) is 39.5 Å². The van der Waals surface area contributed by atoms with Crippen LogP contribution in [0.5, 0.6) is 0 Å². The van der Waals surface area contributed by atoms with E-state index in [0.29, 0.717) is 38.2 Å². The molecule has 0 aliphatic carbocycles. The molecule has 4 heterocycles. The zero-order valence-corrected chi connectivity index (χ0v) is 16.9. The van der Waals surface area contributed by atoms with E-state index in [9.17, 15) is 4.79 Å². The Balaban J connectivity index is 1.32. The van der Waals surface area contributed by atoms with Crippen molar-refractivity contribution in [3.63, 3.8) is 0 Å². The Hall–Kier alpha value is -2.23. The number of ether oxygens (including phenoxy) is 1. The fourth-order valence-corrected chi connectivity index (χ4v) is 3.68. The molecule has 1 fully saturated rings. The van der Waals surface area contributed by atoms with Crippen molar-refractivity contribution in [3.05, 3.63) is 46.7 Å². The van der Waals surface area contributed by atoms with Crippen molar-refractivity contribution in [1.82, 2.24) is 25.2 Å². The first-order valence-electron chi connectivity index (χ1n) is 9.31. The van der Waals surface area contributed by atoms with E-state index >= 15 is 0 Å². The maximum absolute atomic E-state index is 12.4. The maximum atomic E-state index is 12.4. The summed E-state index contributed by atoms with van der Waals surface area (Å²) in [6.45, 7) is 3.54. The molecule has 0 saturated carbocycles. The van der Waals surface area contributed by atoms with Crippen molar-refractivity contribution in [2.24, 2.45) is 0 Å². The first-order chi connectivity index (χ1) is 13.7. The number of H-pyrrole nitrogens is 1. The van der Waals surface area contributed by atoms with Gasteiger partial charge in [-0.15, -0.1) is 0 Å². The molecule has 4 rings (SSSR count). The standard InChI is InChI=1S/C19H22BrN5O3/c20-13-10-14-19(22-11-13)24-17(23-14)3-4-18(26)21-12-15(16-2-1-7-28-16)25-5-8-27-9-6-25/h1-2,7,10-11,15H,3-6,8-9,12H2,(H,21,26)(H,22,23,24). The molecule has 0 spiro atoms. The van der Waals surface area contributed by atoms with Gasteiger partial charge in [-0.1, -0.05) is 0 Å². The summed E-state index contributed by atoms with van der Waals surface area (Å²) in [5.74, 6) is 1.60. The Labute approximate surface area is 170 Å². The Kier molecular flexibility index (Phi) is 6.04. The topological polar surface area (TPSA) is 96.3 Å². The first kappa shape index (κ1) is 19.1. The van der Waals surface area contributed by atoms with E-state index in [1.165, 1.54) is 0 Å². The second-order valence-electron chi connectivity index (χ2n) is 6.69. The van der Waals surface area contributed by atoms with E-state index in [4.69, 9.17) is 9.15 Å². The highest BCUT2D eigenvalue weighted by Crippen LogP contribution is 2.22. The van der Waals surface area contributed by atoms with Gasteiger partial charge in [0.2, 0.25) is 5.91 Å². The fraction of sp³-hybridized carbons (Fsp3) is 0.421. The van der Waals surface area contributed by atoms with Crippen molar-refractivity contribution in [2.45, 2.75) is 18.9 Å². The lowest BCUT2D eigenvalue weighted by Gasteiger charge is -2.33. The predicted octanol–water partition coefficient (Wildman–Crippen LogP) is 2.44. The molecule has 3 aromatic rings. The lowest BCUT2D eigenvalue weighted by molar-refractivity contribution is -0.121. The molecular formula is C19H22BrN5O3. The van der Waals surface area contributed by atoms with Gasteiger partial charge in [0, 0.05) is 43.1 Å². The molecule has 3 aromatic heterocycles. The number of carbonyl (C=O) groups excluding carboxylic acids is 1. The highest BCUT2D eigenvalue weighted by atomic mass is 79.9. The highest BCUT2D eigenvalue weighted by Gasteiger charge is 2.25. The molecule has 8 nitrogen and oxygen atoms in total. The van der Waals surface area contributed by atoms with E-state index in [0.717, 1.165) is 34.7 Å². The monoisotopic (exact) mass is 447 g/mol. The average Bonchev–Trinajstić information content (AvgIpc) is 3.37. The van der Waals surface area contributed by atoms with E-state index in [1.807, 2.05) is 18.2 Å². The largest absolute Gasteiger partial charge is 0.468 e. The van der Waals surface area contributed by atoms with Gasteiger partial charge in [-0.3, -0.25) is 9.69 Å².